The molecule has 2 N–H and O–H groups in total. The molecule has 0 unspecified atom stereocenters. The number of halogens is 5. The average molecular weight is 433 g/mol. The number of hydrogen-bond donors (Lipinski definition) is 2. The van der Waals surface area contributed by atoms with Gasteiger partial charge in [-0.1, -0.05) is 13.0 Å². The lowest BCUT2D eigenvalue weighted by Crippen LogP contribution is -2.37. The number of nitrogens with zero attached hydrogens (tertiary/aromatic N) is 1. The van der Waals surface area contributed by atoms with E-state index in [9.17, 15) is 17.6 Å². The molecule has 1 aromatic rings. The molecule has 0 aliphatic rings. The molecule has 1 rings (SSSR count). The first-order chi connectivity index (χ1) is 9.88. The highest BCUT2D eigenvalue weighted by Crippen LogP contribution is 2.32. The summed E-state index contributed by atoms with van der Waals surface area (Å²) in [6.07, 6.45) is -3.73. The standard InChI is InChI=1S/C14H19F4N3.HI/c1-3-7-20-13(19-4-2)21-9-10-5-6-11(15)8-12(10)14(16,17)18;/h5-6,8H,3-4,7,9H2,1-2H3,(H2,19,20,21);1H. The Hall–Kier alpha value is -1.06. The first-order valence-corrected chi connectivity index (χ1v) is 6.76. The molecule has 0 fully saturated rings. The first-order valence-electron chi connectivity index (χ1n) is 6.76. The number of benzene rings is 1. The van der Waals surface area contributed by atoms with Crippen molar-refractivity contribution < 1.29 is 17.6 Å². The highest BCUT2D eigenvalue weighted by atomic mass is 127. The van der Waals surface area contributed by atoms with Crippen LogP contribution in [0.3, 0.4) is 0 Å². The summed E-state index contributed by atoms with van der Waals surface area (Å²) in [6.45, 7) is 4.93. The smallest absolute Gasteiger partial charge is 0.357 e. The van der Waals surface area contributed by atoms with Crippen LogP contribution < -0.4 is 10.6 Å². The maximum Gasteiger partial charge on any atom is 0.416 e. The molecule has 0 bridgehead atoms. The van der Waals surface area contributed by atoms with E-state index in [1.165, 1.54) is 0 Å². The Kier molecular flexibility index (Phi) is 9.38. The van der Waals surface area contributed by atoms with Crippen LogP contribution in [-0.4, -0.2) is 19.0 Å². The molecule has 8 heteroatoms. The third-order valence-electron chi connectivity index (χ3n) is 2.67. The Balaban J connectivity index is 0.00000441. The van der Waals surface area contributed by atoms with Crippen molar-refractivity contribution in [2.45, 2.75) is 33.0 Å². The number of rotatable bonds is 5. The van der Waals surface area contributed by atoms with Gasteiger partial charge in [0.1, 0.15) is 5.82 Å². The quantitative estimate of drug-likeness (QED) is 0.320. The third-order valence-corrected chi connectivity index (χ3v) is 2.67. The zero-order valence-corrected chi connectivity index (χ0v) is 14.8. The zero-order chi connectivity index (χ0) is 15.9. The van der Waals surface area contributed by atoms with Gasteiger partial charge in [-0.15, -0.1) is 24.0 Å². The molecule has 0 saturated heterocycles. The van der Waals surface area contributed by atoms with Crippen LogP contribution in [0.1, 0.15) is 31.4 Å². The lowest BCUT2D eigenvalue weighted by atomic mass is 10.1. The average Bonchev–Trinajstić information content (AvgIpc) is 2.42. The van der Waals surface area contributed by atoms with Crippen molar-refractivity contribution in [2.24, 2.45) is 4.99 Å². The third kappa shape index (κ3) is 6.80. The minimum atomic E-state index is -4.60. The topological polar surface area (TPSA) is 36.4 Å². The number of alkyl halides is 3. The van der Waals surface area contributed by atoms with E-state index >= 15 is 0 Å². The number of nitrogens with one attached hydrogen (secondary N) is 2. The molecule has 0 aliphatic carbocycles. The summed E-state index contributed by atoms with van der Waals surface area (Å²) in [5.41, 5.74) is -1.05. The Labute approximate surface area is 144 Å². The highest BCUT2D eigenvalue weighted by Gasteiger charge is 2.33. The van der Waals surface area contributed by atoms with E-state index in [1.807, 2.05) is 13.8 Å². The normalized spacial score (nSPS) is 11.8. The molecule has 1 aromatic carbocycles. The van der Waals surface area contributed by atoms with Gasteiger partial charge in [0.25, 0.3) is 0 Å². The maximum atomic E-state index is 13.0. The van der Waals surface area contributed by atoms with Gasteiger partial charge in [-0.25, -0.2) is 9.38 Å². The van der Waals surface area contributed by atoms with E-state index in [4.69, 9.17) is 0 Å². The molecule has 0 atom stereocenters. The lowest BCUT2D eigenvalue weighted by Gasteiger charge is -2.13. The SMILES string of the molecule is CCCNC(=NCc1ccc(F)cc1C(F)(F)F)NCC.I. The van der Waals surface area contributed by atoms with Crippen molar-refractivity contribution in [3.63, 3.8) is 0 Å². The van der Waals surface area contributed by atoms with Gasteiger partial charge in [-0.05, 0) is 31.0 Å². The van der Waals surface area contributed by atoms with Gasteiger partial charge >= 0.3 is 6.18 Å². The summed E-state index contributed by atoms with van der Waals surface area (Å²) < 4.78 is 51.6. The molecule has 0 aliphatic heterocycles. The minimum Gasteiger partial charge on any atom is -0.357 e. The minimum absolute atomic E-state index is 0. The van der Waals surface area contributed by atoms with Gasteiger partial charge in [0.2, 0.25) is 0 Å². The first kappa shape index (κ1) is 20.9. The Morgan fingerprint density at radius 1 is 1.18 bits per heavy atom. The van der Waals surface area contributed by atoms with Crippen LogP contribution in [0.15, 0.2) is 23.2 Å². The molecular weight excluding hydrogens is 413 g/mol. The van der Waals surface area contributed by atoms with Crippen molar-refractivity contribution in [3.8, 4) is 0 Å². The van der Waals surface area contributed by atoms with Gasteiger partial charge in [0.15, 0.2) is 5.96 Å². The van der Waals surface area contributed by atoms with E-state index in [0.717, 1.165) is 18.6 Å². The number of guanidine groups is 1. The molecule has 0 heterocycles. The molecule has 22 heavy (non-hydrogen) atoms. The van der Waals surface area contributed by atoms with Gasteiger partial charge in [-0.2, -0.15) is 13.2 Å². The zero-order valence-electron chi connectivity index (χ0n) is 12.4. The second kappa shape index (κ2) is 9.86. The van der Waals surface area contributed by atoms with Gasteiger partial charge < -0.3 is 10.6 Å². The molecule has 0 radical (unpaired) electrons. The fourth-order valence-electron chi connectivity index (χ4n) is 1.70. The van der Waals surface area contributed by atoms with Gasteiger partial charge in [0, 0.05) is 13.1 Å². The monoisotopic (exact) mass is 433 g/mol. The Morgan fingerprint density at radius 2 is 1.86 bits per heavy atom. The predicted molar refractivity (Wildman–Crippen MR) is 89.9 cm³/mol. The largest absolute Gasteiger partial charge is 0.416 e. The second-order valence-electron chi connectivity index (χ2n) is 4.42. The molecule has 0 spiro atoms. The fraction of sp³-hybridized carbons (Fsp3) is 0.500. The van der Waals surface area contributed by atoms with Crippen LogP contribution >= 0.6 is 24.0 Å². The van der Waals surface area contributed by atoms with Crippen LogP contribution in [-0.2, 0) is 12.7 Å². The molecule has 0 saturated carbocycles. The molecule has 126 valence electrons. The summed E-state index contributed by atoms with van der Waals surface area (Å²) in [6, 6.07) is 2.62. The second-order valence-corrected chi connectivity index (χ2v) is 4.42. The van der Waals surface area contributed by atoms with E-state index < -0.39 is 17.6 Å². The van der Waals surface area contributed by atoms with E-state index in [0.29, 0.717) is 25.1 Å². The van der Waals surface area contributed by atoms with E-state index in [-0.39, 0.29) is 36.1 Å². The van der Waals surface area contributed by atoms with Crippen LogP contribution in [0.4, 0.5) is 17.6 Å². The van der Waals surface area contributed by atoms with Crippen molar-refractivity contribution in [2.75, 3.05) is 13.1 Å². The summed E-state index contributed by atoms with van der Waals surface area (Å²) in [7, 11) is 0. The fourth-order valence-corrected chi connectivity index (χ4v) is 1.70. The highest BCUT2D eigenvalue weighted by molar-refractivity contribution is 14.0. The van der Waals surface area contributed by atoms with Crippen LogP contribution in [0.25, 0.3) is 0 Å². The summed E-state index contributed by atoms with van der Waals surface area (Å²) in [5.74, 6) is -0.470. The van der Waals surface area contributed by atoms with Gasteiger partial charge in [-0.3, -0.25) is 0 Å². The summed E-state index contributed by atoms with van der Waals surface area (Å²) in [4.78, 5) is 4.10. The Morgan fingerprint density at radius 3 is 2.41 bits per heavy atom. The van der Waals surface area contributed by atoms with Crippen molar-refractivity contribution in [1.29, 1.82) is 0 Å². The van der Waals surface area contributed by atoms with Crippen LogP contribution in [0.2, 0.25) is 0 Å². The molecule has 0 amide bonds. The van der Waals surface area contributed by atoms with E-state index in [1.54, 1.807) is 0 Å². The number of aliphatic imine (C=N–C) groups is 1. The van der Waals surface area contributed by atoms with Crippen molar-refractivity contribution in [1.82, 2.24) is 10.6 Å². The van der Waals surface area contributed by atoms with Crippen LogP contribution in [0, 0.1) is 5.82 Å². The lowest BCUT2D eigenvalue weighted by molar-refractivity contribution is -0.138. The maximum absolute atomic E-state index is 13.0. The van der Waals surface area contributed by atoms with Crippen molar-refractivity contribution >= 4 is 29.9 Å². The summed E-state index contributed by atoms with van der Waals surface area (Å²) in [5, 5.41) is 5.93. The van der Waals surface area contributed by atoms with E-state index in [2.05, 4.69) is 15.6 Å². The van der Waals surface area contributed by atoms with Crippen molar-refractivity contribution in [3.05, 3.63) is 35.1 Å². The number of hydrogen-bond acceptors (Lipinski definition) is 1. The Bertz CT molecular complexity index is 489. The predicted octanol–water partition coefficient (Wildman–Crippen LogP) is 3.93. The summed E-state index contributed by atoms with van der Waals surface area (Å²) >= 11 is 0. The molecular formula is C14H20F4IN3. The molecule has 3 nitrogen and oxygen atoms in total. The molecule has 0 aromatic heterocycles. The van der Waals surface area contributed by atoms with Crippen LogP contribution in [0.5, 0.6) is 0 Å². The van der Waals surface area contributed by atoms with Gasteiger partial charge in [0.05, 0.1) is 12.1 Å².